The summed E-state index contributed by atoms with van der Waals surface area (Å²) in [6, 6.07) is 4.46. The summed E-state index contributed by atoms with van der Waals surface area (Å²) in [6.07, 6.45) is 0.999. The van der Waals surface area contributed by atoms with Crippen molar-refractivity contribution in [2.45, 2.75) is 13.3 Å². The van der Waals surface area contributed by atoms with Gasteiger partial charge in [0.05, 0.1) is 15.7 Å². The van der Waals surface area contributed by atoms with Gasteiger partial charge in [0.2, 0.25) is 0 Å². The van der Waals surface area contributed by atoms with Crippen molar-refractivity contribution in [2.75, 3.05) is 11.9 Å². The predicted octanol–water partition coefficient (Wildman–Crippen LogP) is 4.34. The van der Waals surface area contributed by atoms with Gasteiger partial charge in [-0.3, -0.25) is 5.10 Å². The third-order valence-corrected chi connectivity index (χ3v) is 3.04. The van der Waals surface area contributed by atoms with Crippen LogP contribution >= 0.6 is 23.2 Å². The van der Waals surface area contributed by atoms with Crippen LogP contribution in [0.2, 0.25) is 10.0 Å². The van der Waals surface area contributed by atoms with Gasteiger partial charge in [-0.25, -0.2) is 4.39 Å². The van der Waals surface area contributed by atoms with E-state index in [2.05, 4.69) is 22.4 Å². The third-order valence-electron chi connectivity index (χ3n) is 2.43. The van der Waals surface area contributed by atoms with Crippen LogP contribution in [0.1, 0.15) is 13.3 Å². The maximum Gasteiger partial charge on any atom is 0.148 e. The quantitative estimate of drug-likeness (QED) is 0.821. The van der Waals surface area contributed by atoms with Gasteiger partial charge in [-0.2, -0.15) is 5.10 Å². The molecule has 0 atom stereocenters. The molecule has 0 bridgehead atoms. The topological polar surface area (TPSA) is 40.7 Å². The van der Waals surface area contributed by atoms with Gasteiger partial charge in [-0.1, -0.05) is 30.1 Å². The Balaban J connectivity index is 2.31. The Morgan fingerprint density at radius 1 is 1.28 bits per heavy atom. The molecule has 2 N–H and O–H groups in total. The molecule has 0 aliphatic rings. The summed E-state index contributed by atoms with van der Waals surface area (Å²) in [5.74, 6) is 0.201. The Morgan fingerprint density at radius 3 is 2.78 bits per heavy atom. The number of halogens is 3. The van der Waals surface area contributed by atoms with Crippen LogP contribution in [0.25, 0.3) is 11.3 Å². The van der Waals surface area contributed by atoms with E-state index < -0.39 is 5.82 Å². The van der Waals surface area contributed by atoms with Crippen molar-refractivity contribution in [1.82, 2.24) is 10.2 Å². The van der Waals surface area contributed by atoms with Gasteiger partial charge >= 0.3 is 0 Å². The number of aromatic nitrogens is 2. The van der Waals surface area contributed by atoms with Crippen molar-refractivity contribution in [3.63, 3.8) is 0 Å². The molecule has 1 aromatic heterocycles. The van der Waals surface area contributed by atoms with Gasteiger partial charge in [-0.05, 0) is 18.6 Å². The van der Waals surface area contributed by atoms with Crippen LogP contribution in [0, 0.1) is 5.82 Å². The number of anilines is 1. The molecule has 18 heavy (non-hydrogen) atoms. The molecular formula is C12H12Cl2FN3. The highest BCUT2D eigenvalue weighted by Gasteiger charge is 2.11. The molecule has 1 aromatic carbocycles. The van der Waals surface area contributed by atoms with E-state index in [-0.39, 0.29) is 5.02 Å². The fraction of sp³-hybridized carbons (Fsp3) is 0.250. The van der Waals surface area contributed by atoms with E-state index >= 15 is 0 Å². The Morgan fingerprint density at radius 2 is 2.06 bits per heavy atom. The number of aromatic amines is 1. The minimum atomic E-state index is -0.506. The van der Waals surface area contributed by atoms with Crippen LogP contribution < -0.4 is 5.32 Å². The first-order chi connectivity index (χ1) is 8.61. The second-order valence-corrected chi connectivity index (χ2v) is 4.65. The molecule has 6 heteroatoms. The van der Waals surface area contributed by atoms with Gasteiger partial charge in [0.15, 0.2) is 0 Å². The zero-order valence-electron chi connectivity index (χ0n) is 9.73. The van der Waals surface area contributed by atoms with Crippen molar-refractivity contribution >= 4 is 29.0 Å². The standard InChI is InChI=1S/C12H12Cl2FN3/c1-2-3-16-12-6-11(17-18-12)7-4-10(15)9(14)5-8(7)13/h4-6H,2-3H2,1H3,(H2,16,17,18). The van der Waals surface area contributed by atoms with E-state index in [4.69, 9.17) is 23.2 Å². The highest BCUT2D eigenvalue weighted by molar-refractivity contribution is 6.36. The molecule has 3 nitrogen and oxygen atoms in total. The molecule has 0 amide bonds. The molecule has 2 aromatic rings. The van der Waals surface area contributed by atoms with Crippen molar-refractivity contribution in [1.29, 1.82) is 0 Å². The normalized spacial score (nSPS) is 10.7. The number of nitrogens with one attached hydrogen (secondary N) is 2. The second-order valence-electron chi connectivity index (χ2n) is 3.84. The minimum Gasteiger partial charge on any atom is -0.369 e. The predicted molar refractivity (Wildman–Crippen MR) is 72.8 cm³/mol. The molecule has 0 saturated carbocycles. The lowest BCUT2D eigenvalue weighted by atomic mass is 10.1. The van der Waals surface area contributed by atoms with Crippen molar-refractivity contribution < 1.29 is 4.39 Å². The van der Waals surface area contributed by atoms with Gasteiger partial charge < -0.3 is 5.32 Å². The lowest BCUT2D eigenvalue weighted by molar-refractivity contribution is 0.628. The zero-order chi connectivity index (χ0) is 13.1. The summed E-state index contributed by atoms with van der Waals surface area (Å²) in [6.45, 7) is 2.89. The summed E-state index contributed by atoms with van der Waals surface area (Å²) >= 11 is 11.7. The summed E-state index contributed by atoms with van der Waals surface area (Å²) in [5, 5.41) is 10.4. The van der Waals surface area contributed by atoms with E-state index in [1.54, 1.807) is 6.07 Å². The first-order valence-corrected chi connectivity index (χ1v) is 6.31. The van der Waals surface area contributed by atoms with Gasteiger partial charge in [0, 0.05) is 18.2 Å². The number of hydrogen-bond acceptors (Lipinski definition) is 2. The highest BCUT2D eigenvalue weighted by Crippen LogP contribution is 2.31. The van der Waals surface area contributed by atoms with Crippen LogP contribution in [0.5, 0.6) is 0 Å². The van der Waals surface area contributed by atoms with Crippen LogP contribution in [0.4, 0.5) is 10.2 Å². The summed E-state index contributed by atoms with van der Waals surface area (Å²) < 4.78 is 13.4. The molecule has 2 rings (SSSR count). The largest absolute Gasteiger partial charge is 0.369 e. The summed E-state index contributed by atoms with van der Waals surface area (Å²) in [5.41, 5.74) is 1.18. The molecule has 0 saturated heterocycles. The van der Waals surface area contributed by atoms with E-state index in [9.17, 15) is 4.39 Å². The Hall–Kier alpha value is -1.26. The van der Waals surface area contributed by atoms with Crippen LogP contribution in [-0.4, -0.2) is 16.7 Å². The fourth-order valence-corrected chi connectivity index (χ4v) is 2.02. The van der Waals surface area contributed by atoms with E-state index in [0.717, 1.165) is 13.0 Å². The lowest BCUT2D eigenvalue weighted by Gasteiger charge is -2.02. The summed E-state index contributed by atoms with van der Waals surface area (Å²) in [4.78, 5) is 0. The molecule has 0 spiro atoms. The smallest absolute Gasteiger partial charge is 0.148 e. The fourth-order valence-electron chi connectivity index (χ4n) is 1.53. The highest BCUT2D eigenvalue weighted by atomic mass is 35.5. The average molecular weight is 288 g/mol. The number of hydrogen-bond donors (Lipinski definition) is 2. The number of benzene rings is 1. The summed E-state index contributed by atoms with van der Waals surface area (Å²) in [7, 11) is 0. The van der Waals surface area contributed by atoms with Crippen LogP contribution in [0.15, 0.2) is 18.2 Å². The van der Waals surface area contributed by atoms with E-state index in [0.29, 0.717) is 22.1 Å². The van der Waals surface area contributed by atoms with E-state index in [1.165, 1.54) is 12.1 Å². The molecule has 0 fully saturated rings. The Kier molecular flexibility index (Phi) is 4.09. The maximum atomic E-state index is 13.4. The lowest BCUT2D eigenvalue weighted by Crippen LogP contribution is -1.99. The Bertz CT molecular complexity index is 554. The SMILES string of the molecule is CCCNc1cc(-c2cc(F)c(Cl)cc2Cl)[nH]n1. The number of rotatable bonds is 4. The second kappa shape index (κ2) is 5.59. The van der Waals surface area contributed by atoms with Gasteiger partial charge in [0.1, 0.15) is 11.6 Å². The Labute approximate surface area is 114 Å². The molecule has 0 aliphatic heterocycles. The van der Waals surface area contributed by atoms with Gasteiger partial charge in [0.25, 0.3) is 0 Å². The number of nitrogens with zero attached hydrogens (tertiary/aromatic N) is 1. The molecule has 96 valence electrons. The van der Waals surface area contributed by atoms with Crippen molar-refractivity contribution in [3.8, 4) is 11.3 Å². The van der Waals surface area contributed by atoms with Crippen molar-refractivity contribution in [3.05, 3.63) is 34.1 Å². The molecule has 1 heterocycles. The zero-order valence-corrected chi connectivity index (χ0v) is 11.2. The van der Waals surface area contributed by atoms with E-state index in [1.807, 2.05) is 0 Å². The minimum absolute atomic E-state index is 0.00703. The first-order valence-electron chi connectivity index (χ1n) is 5.56. The first kappa shape index (κ1) is 13.2. The molecule has 0 aliphatic carbocycles. The molecule has 0 radical (unpaired) electrons. The van der Waals surface area contributed by atoms with Crippen LogP contribution in [0.3, 0.4) is 0 Å². The average Bonchev–Trinajstić information content (AvgIpc) is 2.79. The number of H-pyrrole nitrogens is 1. The maximum absolute atomic E-state index is 13.4. The van der Waals surface area contributed by atoms with Crippen molar-refractivity contribution in [2.24, 2.45) is 0 Å². The monoisotopic (exact) mass is 287 g/mol. The molecular weight excluding hydrogens is 276 g/mol. The third kappa shape index (κ3) is 2.76. The molecule has 0 unspecified atom stereocenters. The van der Waals surface area contributed by atoms with Crippen LogP contribution in [-0.2, 0) is 0 Å². The van der Waals surface area contributed by atoms with Gasteiger partial charge in [-0.15, -0.1) is 0 Å².